The fourth-order valence-corrected chi connectivity index (χ4v) is 9.44. The Bertz CT molecular complexity index is 1350. The lowest BCUT2D eigenvalue weighted by Gasteiger charge is -2.33. The third-order valence-electron chi connectivity index (χ3n) is 8.96. The van der Waals surface area contributed by atoms with Crippen molar-refractivity contribution < 1.29 is 28.3 Å². The van der Waals surface area contributed by atoms with Gasteiger partial charge in [0.1, 0.15) is 0 Å². The summed E-state index contributed by atoms with van der Waals surface area (Å²) >= 11 is 0. The molecular weight excluding hydrogens is 517 g/mol. The Labute approximate surface area is 228 Å². The number of halogens is 1. The van der Waals surface area contributed by atoms with Crippen molar-refractivity contribution in [3.63, 3.8) is 0 Å². The van der Waals surface area contributed by atoms with Gasteiger partial charge in [0.2, 0.25) is 20.2 Å². The summed E-state index contributed by atoms with van der Waals surface area (Å²) in [4.78, 5) is 43.6. The van der Waals surface area contributed by atoms with Gasteiger partial charge in [-0.3, -0.25) is 14.4 Å². The SMILES string of the molecule is C[C@@H]1[C@@H]([Si](C)(C)F)[C@H](CCO)O[C@@]12C(=O)N(Cc1ccc(N3CCC3=O)cc1)c1ccc(N3CCC3=O)cc12. The molecule has 0 aromatic heterocycles. The summed E-state index contributed by atoms with van der Waals surface area (Å²) in [5, 5.41) is 9.77. The first-order valence-corrected chi connectivity index (χ1v) is 16.7. The van der Waals surface area contributed by atoms with Crippen LogP contribution in [-0.4, -0.2) is 57.0 Å². The molecular formula is C29H34FN3O5Si. The number of aliphatic hydroxyl groups excluding tert-OH is 1. The fourth-order valence-electron chi connectivity index (χ4n) is 6.90. The van der Waals surface area contributed by atoms with Gasteiger partial charge in [0.25, 0.3) is 5.91 Å². The number of fused-ring (bicyclic) bond motifs is 2. The molecule has 4 aliphatic rings. The topological polar surface area (TPSA) is 90.4 Å². The van der Waals surface area contributed by atoms with Gasteiger partial charge < -0.3 is 28.7 Å². The van der Waals surface area contributed by atoms with E-state index in [1.54, 1.807) is 27.8 Å². The zero-order valence-electron chi connectivity index (χ0n) is 22.5. The summed E-state index contributed by atoms with van der Waals surface area (Å²) in [6, 6.07) is 13.2. The zero-order valence-corrected chi connectivity index (χ0v) is 23.5. The van der Waals surface area contributed by atoms with Gasteiger partial charge in [-0.1, -0.05) is 19.1 Å². The minimum absolute atomic E-state index is 0.0275. The van der Waals surface area contributed by atoms with Crippen LogP contribution in [0, 0.1) is 5.92 Å². The van der Waals surface area contributed by atoms with Gasteiger partial charge in [0.15, 0.2) is 5.60 Å². The number of rotatable bonds is 7. The van der Waals surface area contributed by atoms with Crippen LogP contribution in [0.15, 0.2) is 42.5 Å². The van der Waals surface area contributed by atoms with Gasteiger partial charge in [0.05, 0.1) is 18.3 Å². The molecule has 0 saturated carbocycles. The predicted molar refractivity (Wildman–Crippen MR) is 148 cm³/mol. The van der Waals surface area contributed by atoms with Crippen LogP contribution in [0.4, 0.5) is 21.2 Å². The summed E-state index contributed by atoms with van der Waals surface area (Å²) in [6.07, 6.45) is 0.710. The first-order valence-electron chi connectivity index (χ1n) is 13.7. The van der Waals surface area contributed by atoms with Crippen LogP contribution in [0.25, 0.3) is 0 Å². The highest BCUT2D eigenvalue weighted by atomic mass is 28.4. The first kappa shape index (κ1) is 26.2. The quantitative estimate of drug-likeness (QED) is 0.321. The number of hydrogen-bond acceptors (Lipinski definition) is 5. The molecule has 4 atom stereocenters. The lowest BCUT2D eigenvalue weighted by Crippen LogP contribution is -2.45. The summed E-state index contributed by atoms with van der Waals surface area (Å²) in [7, 11) is -3.29. The summed E-state index contributed by atoms with van der Waals surface area (Å²) < 4.78 is 22.4. The number of β-lactam (4-membered cyclic amide) rings is 2. The highest BCUT2D eigenvalue weighted by Crippen LogP contribution is 2.60. The molecule has 0 unspecified atom stereocenters. The molecule has 0 aliphatic carbocycles. The number of anilines is 3. The Morgan fingerprint density at radius 1 is 1.00 bits per heavy atom. The monoisotopic (exact) mass is 551 g/mol. The second kappa shape index (κ2) is 9.24. The third-order valence-corrected chi connectivity index (χ3v) is 11.4. The van der Waals surface area contributed by atoms with Crippen LogP contribution < -0.4 is 14.7 Å². The smallest absolute Gasteiger partial charge is 0.264 e. The highest BCUT2D eigenvalue weighted by molar-refractivity contribution is 6.72. The molecule has 0 radical (unpaired) electrons. The van der Waals surface area contributed by atoms with Crippen LogP contribution in [0.2, 0.25) is 18.6 Å². The molecule has 10 heteroatoms. The molecule has 3 fully saturated rings. The Hall–Kier alpha value is -3.08. The fraction of sp³-hybridized carbons (Fsp3) is 0.483. The maximum Gasteiger partial charge on any atom is 0.264 e. The maximum absolute atomic E-state index is 15.8. The van der Waals surface area contributed by atoms with Crippen LogP contribution in [0.3, 0.4) is 0 Å². The standard InChI is InChI=1S/C29H34FN3O5Si/c1-18-27(39(2,3)30)24(12-15-34)38-29(18)22-16-21(32-14-11-26(32)36)8-9-23(22)33(28(29)37)17-19-4-6-20(7-5-19)31-13-10-25(31)35/h4-9,16,18,24,27,34H,10-15,17H2,1-3H3/t18-,24+,27-,29+/m1/s1. The number of carbonyl (C=O) groups excluding carboxylic acids is 3. The highest BCUT2D eigenvalue weighted by Gasteiger charge is 2.66. The molecule has 3 amide bonds. The van der Waals surface area contributed by atoms with Crippen LogP contribution >= 0.6 is 0 Å². The van der Waals surface area contributed by atoms with Crippen molar-refractivity contribution in [3.05, 3.63) is 53.6 Å². The largest absolute Gasteiger partial charge is 0.396 e. The number of aliphatic hydroxyl groups is 1. The molecule has 2 aromatic carbocycles. The van der Waals surface area contributed by atoms with Crippen molar-refractivity contribution in [3.8, 4) is 0 Å². The van der Waals surface area contributed by atoms with E-state index in [0.717, 1.165) is 11.3 Å². The number of ether oxygens (including phenoxy) is 1. The van der Waals surface area contributed by atoms with Gasteiger partial charge in [-0.2, -0.15) is 0 Å². The second-order valence-corrected chi connectivity index (χ2v) is 15.4. The molecule has 1 N–H and O–H groups in total. The van der Waals surface area contributed by atoms with Crippen LogP contribution in [-0.2, 0) is 31.3 Å². The van der Waals surface area contributed by atoms with Crippen molar-refractivity contribution >= 4 is 43.2 Å². The lowest BCUT2D eigenvalue weighted by molar-refractivity contribution is -0.146. The van der Waals surface area contributed by atoms with Gasteiger partial charge in [-0.05, 0) is 55.4 Å². The van der Waals surface area contributed by atoms with E-state index in [-0.39, 0.29) is 37.3 Å². The maximum atomic E-state index is 15.8. The number of amides is 3. The number of nitrogens with zero attached hydrogens (tertiary/aromatic N) is 3. The summed E-state index contributed by atoms with van der Waals surface area (Å²) in [5.74, 6) is -0.579. The van der Waals surface area contributed by atoms with Crippen molar-refractivity contribution in [1.82, 2.24) is 0 Å². The first-order chi connectivity index (χ1) is 18.6. The van der Waals surface area contributed by atoms with Gasteiger partial charge in [-0.25, -0.2) is 0 Å². The van der Waals surface area contributed by atoms with E-state index >= 15 is 4.11 Å². The zero-order chi connectivity index (χ0) is 27.7. The minimum Gasteiger partial charge on any atom is -0.396 e. The molecule has 206 valence electrons. The molecule has 8 nitrogen and oxygen atoms in total. The van der Waals surface area contributed by atoms with Crippen molar-refractivity contribution in [1.29, 1.82) is 0 Å². The van der Waals surface area contributed by atoms with E-state index in [1.807, 2.05) is 49.4 Å². The van der Waals surface area contributed by atoms with Crippen LogP contribution in [0.1, 0.15) is 37.3 Å². The summed E-state index contributed by atoms with van der Waals surface area (Å²) in [5.41, 5.74) is 1.89. The van der Waals surface area contributed by atoms with E-state index in [2.05, 4.69) is 0 Å². The lowest BCUT2D eigenvalue weighted by atomic mass is 9.82. The average Bonchev–Trinajstić information content (AvgIpc) is 3.30. The van der Waals surface area contributed by atoms with E-state index in [4.69, 9.17) is 4.74 Å². The molecule has 2 aromatic rings. The van der Waals surface area contributed by atoms with E-state index in [9.17, 15) is 19.5 Å². The Balaban J connectivity index is 1.40. The van der Waals surface area contributed by atoms with Crippen LogP contribution in [0.5, 0.6) is 0 Å². The van der Waals surface area contributed by atoms with Gasteiger partial charge in [0, 0.05) is 60.9 Å². The Kier molecular flexibility index (Phi) is 6.20. The molecule has 1 spiro atoms. The van der Waals surface area contributed by atoms with Crippen molar-refractivity contribution in [2.45, 2.75) is 63.1 Å². The van der Waals surface area contributed by atoms with Gasteiger partial charge >= 0.3 is 0 Å². The second-order valence-electron chi connectivity index (χ2n) is 11.6. The van der Waals surface area contributed by atoms with Gasteiger partial charge in [-0.15, -0.1) is 0 Å². The number of carbonyl (C=O) groups is 3. The minimum atomic E-state index is -3.29. The van der Waals surface area contributed by atoms with E-state index in [0.29, 0.717) is 42.9 Å². The Morgan fingerprint density at radius 3 is 2.15 bits per heavy atom. The Morgan fingerprint density at radius 2 is 1.62 bits per heavy atom. The molecule has 6 rings (SSSR count). The third kappa shape index (κ3) is 3.95. The van der Waals surface area contributed by atoms with E-state index in [1.165, 1.54) is 0 Å². The van der Waals surface area contributed by atoms with Crippen molar-refractivity contribution in [2.75, 3.05) is 34.4 Å². The molecule has 3 saturated heterocycles. The van der Waals surface area contributed by atoms with Crippen molar-refractivity contribution in [2.24, 2.45) is 5.92 Å². The molecule has 39 heavy (non-hydrogen) atoms. The molecule has 4 heterocycles. The molecule has 0 bridgehead atoms. The predicted octanol–water partition coefficient (Wildman–Crippen LogP) is 3.86. The van der Waals surface area contributed by atoms with E-state index < -0.39 is 31.6 Å². The summed E-state index contributed by atoms with van der Waals surface area (Å²) in [6.45, 7) is 6.61. The number of hydrogen-bond donors (Lipinski definition) is 1. The number of benzene rings is 2. The normalized spacial score (nSPS) is 28.3. The average molecular weight is 552 g/mol. The molecule has 4 aliphatic heterocycles.